The molecule has 0 spiro atoms. The number of pyridine rings is 1. The molecule has 0 saturated heterocycles. The summed E-state index contributed by atoms with van der Waals surface area (Å²) in [6.45, 7) is 3.71. The minimum absolute atomic E-state index is 0.280. The Balaban J connectivity index is 1.49. The van der Waals surface area contributed by atoms with E-state index in [9.17, 15) is 4.79 Å². The number of hydrogen-bond donors (Lipinski definition) is 2. The third-order valence-electron chi connectivity index (χ3n) is 3.59. The summed E-state index contributed by atoms with van der Waals surface area (Å²) >= 11 is 7.33. The molecule has 1 saturated carbocycles. The van der Waals surface area contributed by atoms with E-state index in [0.717, 1.165) is 28.7 Å². The van der Waals surface area contributed by atoms with E-state index in [1.807, 2.05) is 13.0 Å². The van der Waals surface area contributed by atoms with E-state index in [1.165, 1.54) is 24.2 Å². The molecule has 1 aliphatic rings. The number of thiazole rings is 1. The van der Waals surface area contributed by atoms with Crippen LogP contribution in [0.4, 0.5) is 9.93 Å². The second-order valence-corrected chi connectivity index (χ2v) is 7.09. The van der Waals surface area contributed by atoms with Crippen LogP contribution in [0.2, 0.25) is 5.15 Å². The summed E-state index contributed by atoms with van der Waals surface area (Å²) in [5.41, 5.74) is 1.78. The van der Waals surface area contributed by atoms with Crippen molar-refractivity contribution in [3.8, 4) is 10.4 Å². The van der Waals surface area contributed by atoms with Gasteiger partial charge in [0.1, 0.15) is 5.15 Å². The zero-order valence-electron chi connectivity index (χ0n) is 13.3. The second-order valence-electron chi connectivity index (χ2n) is 5.70. The van der Waals surface area contributed by atoms with Crippen LogP contribution in [-0.4, -0.2) is 35.8 Å². The number of nitrogens with one attached hydrogen (secondary N) is 2. The van der Waals surface area contributed by atoms with Crippen molar-refractivity contribution in [2.45, 2.75) is 19.8 Å². The van der Waals surface area contributed by atoms with Gasteiger partial charge < -0.3 is 10.1 Å². The van der Waals surface area contributed by atoms with Gasteiger partial charge in [0.2, 0.25) is 0 Å². The number of carbonyl (C=O) groups excluding carboxylic acids is 1. The van der Waals surface area contributed by atoms with Crippen molar-refractivity contribution in [3.05, 3.63) is 29.2 Å². The third-order valence-corrected chi connectivity index (χ3v) is 4.92. The molecule has 0 aromatic carbocycles. The number of hydrogen-bond acceptors (Lipinski definition) is 5. The molecular formula is C16H19ClN4O2S. The predicted molar refractivity (Wildman–Crippen MR) is 95.7 cm³/mol. The Labute approximate surface area is 149 Å². The Kier molecular flexibility index (Phi) is 5.65. The van der Waals surface area contributed by atoms with Gasteiger partial charge in [-0.25, -0.2) is 14.8 Å². The van der Waals surface area contributed by atoms with Crippen molar-refractivity contribution >= 4 is 34.1 Å². The van der Waals surface area contributed by atoms with Crippen LogP contribution < -0.4 is 10.6 Å². The predicted octanol–water partition coefficient (Wildman–Crippen LogP) is 3.72. The Hall–Kier alpha value is -1.70. The average Bonchev–Trinajstić information content (AvgIpc) is 3.29. The molecular weight excluding hydrogens is 348 g/mol. The Bertz CT molecular complexity index is 718. The lowest BCUT2D eigenvalue weighted by atomic mass is 10.2. The zero-order valence-corrected chi connectivity index (χ0v) is 14.9. The number of halogens is 1. The molecule has 1 fully saturated rings. The first kappa shape index (κ1) is 17.1. The number of urea groups is 1. The summed E-state index contributed by atoms with van der Waals surface area (Å²) in [4.78, 5) is 21.2. The van der Waals surface area contributed by atoms with Crippen molar-refractivity contribution in [2.24, 2.45) is 5.92 Å². The van der Waals surface area contributed by atoms with E-state index >= 15 is 0 Å². The van der Waals surface area contributed by atoms with Crippen molar-refractivity contribution in [1.82, 2.24) is 15.3 Å². The monoisotopic (exact) mass is 366 g/mol. The summed E-state index contributed by atoms with van der Waals surface area (Å²) in [7, 11) is 0. The highest BCUT2D eigenvalue weighted by Crippen LogP contribution is 2.33. The molecule has 6 nitrogen and oxygen atoms in total. The molecule has 0 atom stereocenters. The fourth-order valence-electron chi connectivity index (χ4n) is 2.17. The first-order valence-electron chi connectivity index (χ1n) is 7.84. The summed E-state index contributed by atoms with van der Waals surface area (Å²) < 4.78 is 5.48. The SMILES string of the molecule is Cc1nc(NC(=O)NCCOCC2CC2)sc1-c1ccnc(Cl)c1. The number of aromatic nitrogens is 2. The van der Waals surface area contributed by atoms with Crippen LogP contribution in [0.1, 0.15) is 18.5 Å². The Morgan fingerprint density at radius 2 is 2.33 bits per heavy atom. The summed E-state index contributed by atoms with van der Waals surface area (Å²) in [5, 5.41) is 6.49. The Morgan fingerprint density at radius 1 is 1.50 bits per heavy atom. The molecule has 0 bridgehead atoms. The summed E-state index contributed by atoms with van der Waals surface area (Å²) in [6, 6.07) is 3.37. The van der Waals surface area contributed by atoms with Gasteiger partial charge in [0.05, 0.1) is 17.2 Å². The molecule has 2 aromatic rings. The molecule has 8 heteroatoms. The summed E-state index contributed by atoms with van der Waals surface area (Å²) in [6.07, 6.45) is 4.18. The van der Waals surface area contributed by atoms with E-state index in [1.54, 1.807) is 12.3 Å². The minimum Gasteiger partial charge on any atom is -0.379 e. The normalized spacial score (nSPS) is 13.8. The number of nitrogens with zero attached hydrogens (tertiary/aromatic N) is 2. The molecule has 24 heavy (non-hydrogen) atoms. The highest BCUT2D eigenvalue weighted by Gasteiger charge is 2.20. The smallest absolute Gasteiger partial charge is 0.321 e. The van der Waals surface area contributed by atoms with E-state index in [-0.39, 0.29) is 6.03 Å². The van der Waals surface area contributed by atoms with Crippen molar-refractivity contribution < 1.29 is 9.53 Å². The fourth-order valence-corrected chi connectivity index (χ4v) is 3.31. The maximum atomic E-state index is 11.9. The van der Waals surface area contributed by atoms with Gasteiger partial charge in [-0.1, -0.05) is 22.9 Å². The number of rotatable bonds is 7. The molecule has 0 radical (unpaired) electrons. The topological polar surface area (TPSA) is 76.1 Å². The van der Waals surface area contributed by atoms with Gasteiger partial charge in [-0.05, 0) is 43.4 Å². The van der Waals surface area contributed by atoms with Crippen LogP contribution >= 0.6 is 22.9 Å². The van der Waals surface area contributed by atoms with Gasteiger partial charge in [0.25, 0.3) is 0 Å². The largest absolute Gasteiger partial charge is 0.379 e. The van der Waals surface area contributed by atoms with Gasteiger partial charge in [0, 0.05) is 19.3 Å². The van der Waals surface area contributed by atoms with Gasteiger partial charge in [0.15, 0.2) is 5.13 Å². The molecule has 2 N–H and O–H groups in total. The molecule has 0 unspecified atom stereocenters. The van der Waals surface area contributed by atoms with E-state index in [4.69, 9.17) is 16.3 Å². The van der Waals surface area contributed by atoms with Gasteiger partial charge in [-0.3, -0.25) is 5.32 Å². The molecule has 3 rings (SSSR count). The standard InChI is InChI=1S/C16H19ClN4O2S/c1-10-14(12-4-5-18-13(17)8-12)24-16(20-10)21-15(22)19-6-7-23-9-11-2-3-11/h4-5,8,11H,2-3,6-7,9H2,1H3,(H2,19,20,21,22). The average molecular weight is 367 g/mol. The fraction of sp³-hybridized carbons (Fsp3) is 0.438. The zero-order chi connectivity index (χ0) is 16.9. The minimum atomic E-state index is -0.280. The van der Waals surface area contributed by atoms with Crippen LogP contribution in [0.25, 0.3) is 10.4 Å². The van der Waals surface area contributed by atoms with Crippen LogP contribution in [-0.2, 0) is 4.74 Å². The third kappa shape index (κ3) is 4.90. The van der Waals surface area contributed by atoms with Crippen molar-refractivity contribution in [2.75, 3.05) is 25.1 Å². The van der Waals surface area contributed by atoms with Gasteiger partial charge in [-0.2, -0.15) is 0 Å². The number of anilines is 1. The van der Waals surface area contributed by atoms with E-state index in [0.29, 0.717) is 23.4 Å². The lowest BCUT2D eigenvalue weighted by Crippen LogP contribution is -2.31. The number of aryl methyl sites for hydroxylation is 1. The molecule has 2 amide bonds. The van der Waals surface area contributed by atoms with E-state index < -0.39 is 0 Å². The van der Waals surface area contributed by atoms with Crippen molar-refractivity contribution in [1.29, 1.82) is 0 Å². The number of ether oxygens (including phenoxy) is 1. The van der Waals surface area contributed by atoms with Gasteiger partial charge in [-0.15, -0.1) is 0 Å². The molecule has 2 aromatic heterocycles. The molecule has 128 valence electrons. The van der Waals surface area contributed by atoms with Crippen molar-refractivity contribution in [3.63, 3.8) is 0 Å². The summed E-state index contributed by atoms with van der Waals surface area (Å²) in [5.74, 6) is 0.734. The number of carbonyl (C=O) groups is 1. The quantitative estimate of drug-likeness (QED) is 0.578. The second kappa shape index (κ2) is 7.92. The highest BCUT2D eigenvalue weighted by molar-refractivity contribution is 7.19. The van der Waals surface area contributed by atoms with Gasteiger partial charge >= 0.3 is 6.03 Å². The van der Waals surface area contributed by atoms with Crippen LogP contribution in [0.3, 0.4) is 0 Å². The van der Waals surface area contributed by atoms with E-state index in [2.05, 4.69) is 20.6 Å². The first-order chi connectivity index (χ1) is 11.6. The lowest BCUT2D eigenvalue weighted by molar-refractivity contribution is 0.127. The lowest BCUT2D eigenvalue weighted by Gasteiger charge is -2.06. The number of amides is 2. The molecule has 2 heterocycles. The van der Waals surface area contributed by atoms with Crippen LogP contribution in [0, 0.1) is 12.8 Å². The first-order valence-corrected chi connectivity index (χ1v) is 9.03. The van der Waals surface area contributed by atoms with Crippen LogP contribution in [0.5, 0.6) is 0 Å². The molecule has 0 aliphatic heterocycles. The van der Waals surface area contributed by atoms with Crippen LogP contribution in [0.15, 0.2) is 18.3 Å². The maximum absolute atomic E-state index is 11.9. The molecule has 1 aliphatic carbocycles. The highest BCUT2D eigenvalue weighted by atomic mass is 35.5. The maximum Gasteiger partial charge on any atom is 0.321 e. The Morgan fingerprint density at radius 3 is 3.08 bits per heavy atom.